The van der Waals surface area contributed by atoms with Gasteiger partial charge in [0.2, 0.25) is 5.79 Å². The molecule has 2 nitrogen and oxygen atoms in total. The summed E-state index contributed by atoms with van der Waals surface area (Å²) in [5.74, 6) is 0.536. The zero-order chi connectivity index (χ0) is 7.73. The zero-order valence-electron chi connectivity index (χ0n) is 6.67. The summed E-state index contributed by atoms with van der Waals surface area (Å²) in [4.78, 5) is 0. The van der Waals surface area contributed by atoms with Gasteiger partial charge in [0, 0.05) is 6.42 Å². The Morgan fingerprint density at radius 1 is 1.64 bits per heavy atom. The second kappa shape index (κ2) is 2.38. The summed E-state index contributed by atoms with van der Waals surface area (Å²) in [6.07, 6.45) is 8.02. The SMILES string of the molecule is C/C=C1/C=C[C@]2(CCCO2)O1. The second-order valence-corrected chi connectivity index (χ2v) is 2.89. The van der Waals surface area contributed by atoms with Crippen LogP contribution in [0.3, 0.4) is 0 Å². The van der Waals surface area contributed by atoms with E-state index in [2.05, 4.69) is 0 Å². The maximum atomic E-state index is 5.59. The first-order chi connectivity index (χ1) is 5.35. The van der Waals surface area contributed by atoms with Crippen molar-refractivity contribution in [2.75, 3.05) is 6.61 Å². The third kappa shape index (κ3) is 1.07. The molecule has 0 N–H and O–H groups in total. The minimum absolute atomic E-state index is 0.387. The van der Waals surface area contributed by atoms with Crippen LogP contribution < -0.4 is 0 Å². The molecule has 2 heterocycles. The highest BCUT2D eigenvalue weighted by atomic mass is 16.7. The molecular formula is C9H12O2. The highest BCUT2D eigenvalue weighted by Gasteiger charge is 2.38. The molecule has 60 valence electrons. The van der Waals surface area contributed by atoms with Gasteiger partial charge in [-0.25, -0.2) is 0 Å². The molecule has 0 aliphatic carbocycles. The van der Waals surface area contributed by atoms with Gasteiger partial charge in [-0.15, -0.1) is 0 Å². The molecular weight excluding hydrogens is 140 g/mol. The topological polar surface area (TPSA) is 18.5 Å². The van der Waals surface area contributed by atoms with Gasteiger partial charge in [-0.05, 0) is 31.6 Å². The van der Waals surface area contributed by atoms with Crippen molar-refractivity contribution >= 4 is 0 Å². The quantitative estimate of drug-likeness (QED) is 0.528. The average molecular weight is 152 g/mol. The van der Waals surface area contributed by atoms with E-state index in [-0.39, 0.29) is 5.79 Å². The molecule has 0 bridgehead atoms. The van der Waals surface area contributed by atoms with Crippen LogP contribution >= 0.6 is 0 Å². The Balaban J connectivity index is 2.15. The number of hydrogen-bond acceptors (Lipinski definition) is 2. The van der Waals surface area contributed by atoms with Crippen molar-refractivity contribution in [2.24, 2.45) is 0 Å². The number of allylic oxidation sites excluding steroid dienone is 2. The molecule has 1 atom stereocenters. The van der Waals surface area contributed by atoms with Crippen molar-refractivity contribution in [2.45, 2.75) is 25.6 Å². The van der Waals surface area contributed by atoms with Crippen LogP contribution in [0.4, 0.5) is 0 Å². The fourth-order valence-electron chi connectivity index (χ4n) is 1.48. The van der Waals surface area contributed by atoms with Crippen LogP contribution in [-0.2, 0) is 9.47 Å². The van der Waals surface area contributed by atoms with Crippen molar-refractivity contribution in [1.82, 2.24) is 0 Å². The summed E-state index contributed by atoms with van der Waals surface area (Å²) in [6.45, 7) is 2.79. The highest BCUT2D eigenvalue weighted by Crippen LogP contribution is 2.35. The van der Waals surface area contributed by atoms with Crippen LogP contribution in [0.1, 0.15) is 19.8 Å². The van der Waals surface area contributed by atoms with Gasteiger partial charge in [0.1, 0.15) is 5.76 Å². The molecule has 0 radical (unpaired) electrons. The summed E-state index contributed by atoms with van der Waals surface area (Å²) < 4.78 is 11.1. The molecule has 11 heavy (non-hydrogen) atoms. The van der Waals surface area contributed by atoms with Crippen molar-refractivity contribution in [3.05, 3.63) is 24.0 Å². The van der Waals surface area contributed by atoms with Gasteiger partial charge in [0.15, 0.2) is 0 Å². The van der Waals surface area contributed by atoms with E-state index in [1.807, 2.05) is 25.2 Å². The molecule has 0 aromatic rings. The molecule has 1 spiro atoms. The molecule has 0 saturated carbocycles. The molecule has 2 heteroatoms. The van der Waals surface area contributed by atoms with Crippen molar-refractivity contribution in [3.8, 4) is 0 Å². The molecule has 1 saturated heterocycles. The molecule has 2 aliphatic rings. The first-order valence-corrected chi connectivity index (χ1v) is 4.03. The Labute approximate surface area is 66.5 Å². The predicted octanol–water partition coefficient (Wildman–Crippen LogP) is 1.98. The molecule has 0 amide bonds. The molecule has 2 aliphatic heterocycles. The molecule has 0 unspecified atom stereocenters. The minimum Gasteiger partial charge on any atom is -0.459 e. The Morgan fingerprint density at radius 3 is 3.09 bits per heavy atom. The Kier molecular flexibility index (Phi) is 1.50. The first kappa shape index (κ1) is 6.92. The van der Waals surface area contributed by atoms with E-state index < -0.39 is 0 Å². The minimum atomic E-state index is -0.387. The molecule has 0 aromatic carbocycles. The summed E-state index contributed by atoms with van der Waals surface area (Å²) in [5, 5.41) is 0. The lowest BCUT2D eigenvalue weighted by molar-refractivity contribution is -0.135. The summed E-state index contributed by atoms with van der Waals surface area (Å²) in [5.41, 5.74) is 0. The van der Waals surface area contributed by atoms with E-state index in [0.717, 1.165) is 25.2 Å². The largest absolute Gasteiger partial charge is 0.459 e. The fraction of sp³-hybridized carbons (Fsp3) is 0.556. The van der Waals surface area contributed by atoms with Crippen molar-refractivity contribution in [1.29, 1.82) is 0 Å². The molecule has 0 aromatic heterocycles. The van der Waals surface area contributed by atoms with E-state index in [1.54, 1.807) is 0 Å². The van der Waals surface area contributed by atoms with Crippen LogP contribution in [0, 0.1) is 0 Å². The number of hydrogen-bond donors (Lipinski definition) is 0. The van der Waals surface area contributed by atoms with E-state index in [4.69, 9.17) is 9.47 Å². The number of ether oxygens (including phenoxy) is 2. The Morgan fingerprint density at radius 2 is 2.55 bits per heavy atom. The first-order valence-electron chi connectivity index (χ1n) is 4.03. The van der Waals surface area contributed by atoms with Crippen LogP contribution in [0.15, 0.2) is 24.0 Å². The lowest BCUT2D eigenvalue weighted by Gasteiger charge is -2.20. The predicted molar refractivity (Wildman–Crippen MR) is 41.9 cm³/mol. The fourth-order valence-corrected chi connectivity index (χ4v) is 1.48. The standard InChI is InChI=1S/C9H12O2/c1-2-8-4-6-9(11-8)5-3-7-10-9/h2,4,6H,3,5,7H2,1H3/b8-2-/t9-/m0/s1. The van der Waals surface area contributed by atoms with Gasteiger partial charge < -0.3 is 9.47 Å². The summed E-state index contributed by atoms with van der Waals surface area (Å²) >= 11 is 0. The van der Waals surface area contributed by atoms with Gasteiger partial charge in [0.05, 0.1) is 6.61 Å². The van der Waals surface area contributed by atoms with Gasteiger partial charge in [-0.2, -0.15) is 0 Å². The molecule has 1 fully saturated rings. The lowest BCUT2D eigenvalue weighted by Crippen LogP contribution is -2.24. The maximum Gasteiger partial charge on any atom is 0.230 e. The molecule has 2 rings (SSSR count). The van der Waals surface area contributed by atoms with Gasteiger partial charge >= 0.3 is 0 Å². The number of rotatable bonds is 0. The normalized spacial score (nSPS) is 38.8. The van der Waals surface area contributed by atoms with Crippen LogP contribution in [0.5, 0.6) is 0 Å². The van der Waals surface area contributed by atoms with Crippen LogP contribution in [0.2, 0.25) is 0 Å². The summed E-state index contributed by atoms with van der Waals surface area (Å²) in [6, 6.07) is 0. The van der Waals surface area contributed by atoms with Crippen LogP contribution in [0.25, 0.3) is 0 Å². The van der Waals surface area contributed by atoms with E-state index in [0.29, 0.717) is 0 Å². The maximum absolute atomic E-state index is 5.59. The Hall–Kier alpha value is -0.760. The third-order valence-corrected chi connectivity index (χ3v) is 2.09. The van der Waals surface area contributed by atoms with Crippen molar-refractivity contribution < 1.29 is 9.47 Å². The van der Waals surface area contributed by atoms with Crippen LogP contribution in [-0.4, -0.2) is 12.4 Å². The summed E-state index contributed by atoms with van der Waals surface area (Å²) in [7, 11) is 0. The lowest BCUT2D eigenvalue weighted by atomic mass is 10.2. The average Bonchev–Trinajstić information content (AvgIpc) is 2.62. The second-order valence-electron chi connectivity index (χ2n) is 2.89. The van der Waals surface area contributed by atoms with E-state index >= 15 is 0 Å². The monoisotopic (exact) mass is 152 g/mol. The van der Waals surface area contributed by atoms with Gasteiger partial charge in [-0.3, -0.25) is 0 Å². The smallest absolute Gasteiger partial charge is 0.230 e. The van der Waals surface area contributed by atoms with Crippen molar-refractivity contribution in [3.63, 3.8) is 0 Å². The Bertz CT molecular complexity index is 210. The third-order valence-electron chi connectivity index (χ3n) is 2.09. The van der Waals surface area contributed by atoms with Gasteiger partial charge in [-0.1, -0.05) is 0 Å². The van der Waals surface area contributed by atoms with E-state index in [9.17, 15) is 0 Å². The van der Waals surface area contributed by atoms with Gasteiger partial charge in [0.25, 0.3) is 0 Å². The zero-order valence-corrected chi connectivity index (χ0v) is 6.67. The van der Waals surface area contributed by atoms with E-state index in [1.165, 1.54) is 0 Å². The highest BCUT2D eigenvalue weighted by molar-refractivity contribution is 5.22.